The highest BCUT2D eigenvalue weighted by atomic mass is 32.2. The molecule has 0 saturated carbocycles. The third-order valence-corrected chi connectivity index (χ3v) is 8.65. The minimum atomic E-state index is -3.62. The van der Waals surface area contributed by atoms with Gasteiger partial charge in [0.15, 0.2) is 0 Å². The van der Waals surface area contributed by atoms with E-state index in [1.54, 1.807) is 24.3 Å². The molecular weight excluding hydrogens is 524 g/mol. The van der Waals surface area contributed by atoms with Gasteiger partial charge in [-0.15, -0.1) is 0 Å². The molecule has 0 spiro atoms. The van der Waals surface area contributed by atoms with Crippen molar-refractivity contribution in [2.45, 2.75) is 95.3 Å². The molecular formula is C32H48N2O5S. The van der Waals surface area contributed by atoms with E-state index in [4.69, 9.17) is 9.84 Å². The quantitative estimate of drug-likeness (QED) is 0.171. The van der Waals surface area contributed by atoms with E-state index >= 15 is 0 Å². The number of rotatable bonds is 17. The van der Waals surface area contributed by atoms with Crippen LogP contribution in [-0.4, -0.2) is 55.0 Å². The first-order valence-corrected chi connectivity index (χ1v) is 16.3. The Morgan fingerprint density at radius 1 is 0.875 bits per heavy atom. The van der Waals surface area contributed by atoms with Crippen LogP contribution in [0.5, 0.6) is 5.75 Å². The summed E-state index contributed by atoms with van der Waals surface area (Å²) < 4.78 is 34.7. The number of carboxylic acid groups (broad SMARTS) is 1. The van der Waals surface area contributed by atoms with Gasteiger partial charge in [0.1, 0.15) is 10.6 Å². The van der Waals surface area contributed by atoms with Crippen molar-refractivity contribution in [1.29, 1.82) is 0 Å². The molecule has 1 aromatic carbocycles. The van der Waals surface area contributed by atoms with Crippen LogP contribution in [0.15, 0.2) is 64.6 Å². The van der Waals surface area contributed by atoms with Gasteiger partial charge in [-0.1, -0.05) is 46.6 Å². The van der Waals surface area contributed by atoms with E-state index < -0.39 is 15.8 Å². The molecule has 0 aliphatic carbocycles. The van der Waals surface area contributed by atoms with E-state index in [1.165, 1.54) is 38.8 Å². The summed E-state index contributed by atoms with van der Waals surface area (Å²) in [5.74, 6) is 0.00252. The van der Waals surface area contributed by atoms with Gasteiger partial charge in [0, 0.05) is 18.8 Å². The summed E-state index contributed by atoms with van der Waals surface area (Å²) in [7, 11) is -3.62. The summed E-state index contributed by atoms with van der Waals surface area (Å²) in [5.41, 5.74) is 1.55. The zero-order valence-corrected chi connectivity index (χ0v) is 25.6. The summed E-state index contributed by atoms with van der Waals surface area (Å²) in [6.07, 6.45) is 12.6. The molecule has 0 fully saturated rings. The molecule has 3 rings (SSSR count). The summed E-state index contributed by atoms with van der Waals surface area (Å²) in [6.45, 7) is 12.4. The molecule has 0 aliphatic rings. The number of hydrogen-bond acceptors (Lipinski definition) is 5. The number of aromatic nitrogens is 1. The minimum Gasteiger partial charge on any atom is -0.494 e. The lowest BCUT2D eigenvalue weighted by Gasteiger charge is -2.21. The number of sulfone groups is 1. The predicted octanol–water partition coefficient (Wildman–Crippen LogP) is 7.27. The third-order valence-electron chi connectivity index (χ3n) is 6.75. The fourth-order valence-corrected chi connectivity index (χ4v) is 6.21. The molecule has 1 N–H and O–H groups in total. The maximum absolute atomic E-state index is 13.5. The van der Waals surface area contributed by atoms with Crippen LogP contribution in [-0.2, 0) is 21.1 Å². The Morgan fingerprint density at radius 3 is 2.08 bits per heavy atom. The monoisotopic (exact) mass is 572 g/mol. The Bertz CT molecular complexity index is 1240. The van der Waals surface area contributed by atoms with E-state index in [-0.39, 0.29) is 0 Å². The number of unbranched alkanes of at least 4 members (excludes halogenated alkanes) is 3. The number of benzene rings is 1. The van der Waals surface area contributed by atoms with E-state index in [1.807, 2.05) is 48.8 Å². The Balaban J connectivity index is 0.000000840. The lowest BCUT2D eigenvalue weighted by molar-refractivity contribution is -0.137. The molecule has 40 heavy (non-hydrogen) atoms. The summed E-state index contributed by atoms with van der Waals surface area (Å²) in [6, 6.07) is 12.5. The van der Waals surface area contributed by atoms with Crippen molar-refractivity contribution in [2.75, 3.05) is 26.2 Å². The van der Waals surface area contributed by atoms with Gasteiger partial charge in [0.2, 0.25) is 9.84 Å². The highest BCUT2D eigenvalue weighted by Gasteiger charge is 2.25. The second-order valence-corrected chi connectivity index (χ2v) is 11.9. The van der Waals surface area contributed by atoms with Gasteiger partial charge in [0.05, 0.1) is 17.0 Å². The smallest absolute Gasteiger partial charge is 0.303 e. The highest BCUT2D eigenvalue weighted by Crippen LogP contribution is 2.31. The molecule has 0 saturated heterocycles. The van der Waals surface area contributed by atoms with E-state index in [9.17, 15) is 13.2 Å². The fraction of sp³-hybridized carbons (Fsp3) is 0.531. The number of aryl methyl sites for hydroxylation is 1. The van der Waals surface area contributed by atoms with Crippen LogP contribution >= 0.6 is 0 Å². The molecule has 2 aromatic heterocycles. The second-order valence-electron chi connectivity index (χ2n) is 10.1. The third kappa shape index (κ3) is 10.3. The zero-order chi connectivity index (χ0) is 29.4. The molecule has 2 heterocycles. The Labute approximate surface area is 241 Å². The summed E-state index contributed by atoms with van der Waals surface area (Å²) in [4.78, 5) is 12.9. The number of hydrogen-bond donors (Lipinski definition) is 1. The van der Waals surface area contributed by atoms with Gasteiger partial charge in [-0.25, -0.2) is 8.42 Å². The molecule has 222 valence electrons. The lowest BCUT2D eigenvalue weighted by Crippen LogP contribution is -2.27. The molecule has 0 aliphatic heterocycles. The van der Waals surface area contributed by atoms with E-state index in [0.717, 1.165) is 31.4 Å². The molecule has 0 amide bonds. The van der Waals surface area contributed by atoms with Gasteiger partial charge in [-0.05, 0) is 100 Å². The molecule has 0 bridgehead atoms. The van der Waals surface area contributed by atoms with Gasteiger partial charge < -0.3 is 19.1 Å². The SMILES string of the molecule is CCCC(=O)O.CCCCN(CCCC)CCCCOc1ccc(S(=O)(=O)c2c(CC)cn3ccccc23)cc1. The van der Waals surface area contributed by atoms with Gasteiger partial charge in [-0.3, -0.25) is 4.79 Å². The van der Waals surface area contributed by atoms with Crippen molar-refractivity contribution >= 4 is 21.3 Å². The van der Waals surface area contributed by atoms with Crippen molar-refractivity contribution in [2.24, 2.45) is 0 Å². The molecule has 0 atom stereocenters. The standard InChI is InChI=1S/C28H40N2O3S.C4H8O2/c1-4-7-18-29(19-8-5-2)20-11-12-22-33-25-14-16-26(17-15-25)34(31,32)28-24(6-3)23-30-21-10-9-13-27(28)30;1-2-3-4(5)6/h9-10,13-17,21,23H,4-8,11-12,18-20,22H2,1-3H3;2-3H2,1H3,(H,5,6). The zero-order valence-electron chi connectivity index (χ0n) is 24.8. The number of nitrogens with zero attached hydrogens (tertiary/aromatic N) is 2. The topological polar surface area (TPSA) is 88.3 Å². The molecule has 0 unspecified atom stereocenters. The fourth-order valence-electron chi connectivity index (χ4n) is 4.49. The van der Waals surface area contributed by atoms with Crippen LogP contribution in [0, 0.1) is 0 Å². The average Bonchev–Trinajstić information content (AvgIpc) is 3.34. The van der Waals surface area contributed by atoms with Crippen LogP contribution in [0.2, 0.25) is 0 Å². The van der Waals surface area contributed by atoms with Crippen LogP contribution in [0.4, 0.5) is 0 Å². The van der Waals surface area contributed by atoms with Crippen LogP contribution in [0.3, 0.4) is 0 Å². The largest absolute Gasteiger partial charge is 0.494 e. The number of aliphatic carboxylic acids is 1. The maximum atomic E-state index is 13.5. The van der Waals surface area contributed by atoms with Crippen molar-refractivity contribution in [3.8, 4) is 5.75 Å². The number of pyridine rings is 1. The minimum absolute atomic E-state index is 0.292. The van der Waals surface area contributed by atoms with Gasteiger partial charge in [-0.2, -0.15) is 0 Å². The highest BCUT2D eigenvalue weighted by molar-refractivity contribution is 7.91. The Kier molecular flexibility index (Phi) is 14.8. The molecule has 8 heteroatoms. The first kappa shape index (κ1) is 33.4. The summed E-state index contributed by atoms with van der Waals surface area (Å²) >= 11 is 0. The van der Waals surface area contributed by atoms with Crippen molar-refractivity contribution in [3.63, 3.8) is 0 Å². The molecule has 0 radical (unpaired) electrons. The normalized spacial score (nSPS) is 11.4. The van der Waals surface area contributed by atoms with Crippen molar-refractivity contribution in [3.05, 3.63) is 60.4 Å². The first-order chi connectivity index (χ1) is 19.3. The van der Waals surface area contributed by atoms with Crippen LogP contribution in [0.25, 0.3) is 5.52 Å². The number of fused-ring (bicyclic) bond motifs is 1. The number of carboxylic acids is 1. The average molecular weight is 573 g/mol. The number of carbonyl (C=O) groups is 1. The Hall–Kier alpha value is -2.84. The predicted molar refractivity (Wildman–Crippen MR) is 162 cm³/mol. The van der Waals surface area contributed by atoms with E-state index in [2.05, 4.69) is 18.7 Å². The first-order valence-electron chi connectivity index (χ1n) is 14.8. The van der Waals surface area contributed by atoms with Gasteiger partial charge in [0.25, 0.3) is 0 Å². The van der Waals surface area contributed by atoms with Crippen molar-refractivity contribution < 1.29 is 23.1 Å². The molecule has 3 aromatic rings. The summed E-state index contributed by atoms with van der Waals surface area (Å²) in [5, 5.41) is 7.91. The van der Waals surface area contributed by atoms with Crippen LogP contribution < -0.4 is 4.74 Å². The van der Waals surface area contributed by atoms with E-state index in [0.29, 0.717) is 40.5 Å². The second kappa shape index (κ2) is 17.8. The molecule has 7 nitrogen and oxygen atoms in total. The van der Waals surface area contributed by atoms with Gasteiger partial charge >= 0.3 is 5.97 Å². The maximum Gasteiger partial charge on any atom is 0.303 e. The van der Waals surface area contributed by atoms with Crippen molar-refractivity contribution in [1.82, 2.24) is 9.30 Å². The van der Waals surface area contributed by atoms with Crippen LogP contribution in [0.1, 0.15) is 84.6 Å². The lowest BCUT2D eigenvalue weighted by atomic mass is 10.2. The number of ether oxygens (including phenoxy) is 1. The Morgan fingerprint density at radius 2 is 1.52 bits per heavy atom.